The molecule has 18 heavy (non-hydrogen) atoms. The van der Waals surface area contributed by atoms with Crippen molar-refractivity contribution in [2.24, 2.45) is 0 Å². The molecule has 0 saturated carbocycles. The van der Waals surface area contributed by atoms with Crippen LogP contribution in [-0.2, 0) is 0 Å². The quantitative estimate of drug-likeness (QED) is 0.880. The van der Waals surface area contributed by atoms with Crippen molar-refractivity contribution in [1.82, 2.24) is 4.98 Å². The van der Waals surface area contributed by atoms with E-state index in [1.165, 1.54) is 12.1 Å². The van der Waals surface area contributed by atoms with Gasteiger partial charge in [-0.2, -0.15) is 5.26 Å². The fourth-order valence-electron chi connectivity index (χ4n) is 1.72. The Balaban J connectivity index is 2.84. The highest BCUT2D eigenvalue weighted by atomic mass is 79.9. The largest absolute Gasteiger partial charge is 0.325 e. The number of nitrogens with one attached hydrogen (secondary N) is 1. The lowest BCUT2D eigenvalue weighted by Crippen LogP contribution is -2.12. The van der Waals surface area contributed by atoms with Crippen LogP contribution in [0.1, 0.15) is 11.3 Å². The van der Waals surface area contributed by atoms with E-state index >= 15 is 0 Å². The molecule has 0 fully saturated rings. The van der Waals surface area contributed by atoms with Crippen molar-refractivity contribution in [3.63, 3.8) is 0 Å². The van der Waals surface area contributed by atoms with Crippen molar-refractivity contribution in [1.29, 1.82) is 5.26 Å². The first-order valence-electron chi connectivity index (χ1n) is 5.13. The monoisotopic (exact) mass is 306 g/mol. The topological polar surface area (TPSA) is 56.6 Å². The van der Waals surface area contributed by atoms with E-state index in [1.807, 2.05) is 6.07 Å². The Bertz CT molecular complexity index is 716. The predicted octanol–water partition coefficient (Wildman–Crippen LogP) is 3.12. The van der Waals surface area contributed by atoms with Crippen LogP contribution in [0.15, 0.2) is 33.5 Å². The van der Waals surface area contributed by atoms with Crippen molar-refractivity contribution < 1.29 is 4.39 Å². The molecule has 0 unspecified atom stereocenters. The minimum absolute atomic E-state index is 0.0214. The van der Waals surface area contributed by atoms with Gasteiger partial charge in [0.15, 0.2) is 0 Å². The van der Waals surface area contributed by atoms with E-state index in [4.69, 9.17) is 5.26 Å². The van der Waals surface area contributed by atoms with Gasteiger partial charge in [0, 0.05) is 16.8 Å². The van der Waals surface area contributed by atoms with Gasteiger partial charge in [-0.25, -0.2) is 4.39 Å². The molecule has 0 spiro atoms. The fraction of sp³-hybridized carbons (Fsp3) is 0.0769. The molecule has 3 nitrogen and oxygen atoms in total. The second-order valence-corrected chi connectivity index (χ2v) is 4.58. The van der Waals surface area contributed by atoms with Gasteiger partial charge in [-0.1, -0.05) is 12.1 Å². The number of nitriles is 1. The summed E-state index contributed by atoms with van der Waals surface area (Å²) in [6.45, 7) is 1.71. The van der Waals surface area contributed by atoms with Crippen molar-refractivity contribution in [2.45, 2.75) is 6.92 Å². The number of hydrogen-bond donors (Lipinski definition) is 1. The number of hydrogen-bond acceptors (Lipinski definition) is 2. The third-order valence-electron chi connectivity index (χ3n) is 2.52. The zero-order chi connectivity index (χ0) is 13.3. The average molecular weight is 307 g/mol. The summed E-state index contributed by atoms with van der Waals surface area (Å²) in [5, 5.41) is 9.03. The molecule has 5 heteroatoms. The first-order valence-corrected chi connectivity index (χ1v) is 5.92. The molecule has 0 aliphatic rings. The Labute approximate surface area is 111 Å². The van der Waals surface area contributed by atoms with Gasteiger partial charge in [-0.3, -0.25) is 4.79 Å². The van der Waals surface area contributed by atoms with E-state index < -0.39 is 11.4 Å². The molecular formula is C13H8BrFN2O. The lowest BCUT2D eigenvalue weighted by molar-refractivity contribution is 0.622. The molecule has 1 N–H and O–H groups in total. The van der Waals surface area contributed by atoms with Crippen LogP contribution in [0.3, 0.4) is 0 Å². The number of rotatable bonds is 1. The van der Waals surface area contributed by atoms with Gasteiger partial charge in [0.2, 0.25) is 0 Å². The number of benzene rings is 1. The smallest absolute Gasteiger partial charge is 0.266 e. The Kier molecular flexibility index (Phi) is 3.30. The number of H-pyrrole nitrogens is 1. The van der Waals surface area contributed by atoms with Crippen LogP contribution in [0.25, 0.3) is 11.1 Å². The molecule has 2 aromatic rings. The van der Waals surface area contributed by atoms with Crippen LogP contribution in [0.4, 0.5) is 4.39 Å². The molecule has 1 aromatic carbocycles. The van der Waals surface area contributed by atoms with Crippen LogP contribution >= 0.6 is 15.9 Å². The summed E-state index contributed by atoms with van der Waals surface area (Å²) < 4.78 is 13.7. The highest BCUT2D eigenvalue weighted by Crippen LogP contribution is 2.31. The normalized spacial score (nSPS) is 10.1. The van der Waals surface area contributed by atoms with Gasteiger partial charge in [-0.05, 0) is 35.0 Å². The van der Waals surface area contributed by atoms with Crippen LogP contribution in [-0.4, -0.2) is 4.98 Å². The minimum Gasteiger partial charge on any atom is -0.325 e. The van der Waals surface area contributed by atoms with E-state index in [1.54, 1.807) is 19.1 Å². The molecule has 0 aliphatic carbocycles. The predicted molar refractivity (Wildman–Crippen MR) is 69.6 cm³/mol. The molecule has 1 aromatic heterocycles. The Morgan fingerprint density at radius 2 is 2.11 bits per heavy atom. The first kappa shape index (κ1) is 12.5. The summed E-state index contributed by atoms with van der Waals surface area (Å²) in [7, 11) is 0. The van der Waals surface area contributed by atoms with Crippen molar-refractivity contribution in [3.05, 3.63) is 56.2 Å². The first-order chi connectivity index (χ1) is 8.54. The Morgan fingerprint density at radius 1 is 1.39 bits per heavy atom. The lowest BCUT2D eigenvalue weighted by Gasteiger charge is -2.08. The summed E-state index contributed by atoms with van der Waals surface area (Å²) in [5.41, 5.74) is 1.03. The summed E-state index contributed by atoms with van der Waals surface area (Å²) in [6.07, 6.45) is 0. The number of aromatic amines is 1. The van der Waals surface area contributed by atoms with E-state index in [-0.39, 0.29) is 10.0 Å². The average Bonchev–Trinajstić information content (AvgIpc) is 2.32. The lowest BCUT2D eigenvalue weighted by atomic mass is 10.0. The number of pyridine rings is 1. The summed E-state index contributed by atoms with van der Waals surface area (Å²) in [6, 6.07) is 8.00. The van der Waals surface area contributed by atoms with Gasteiger partial charge >= 0.3 is 0 Å². The Hall–Kier alpha value is -1.93. The standard InChI is InChI=1S/C13H8BrFN2O/c1-7-5-9(10(6-16)13(18)17-7)8-3-2-4-11(15)12(8)14/h2-5H,1H3,(H,17,18). The minimum atomic E-state index is -0.469. The van der Waals surface area contributed by atoms with E-state index in [9.17, 15) is 9.18 Å². The van der Waals surface area contributed by atoms with Crippen LogP contribution in [0.2, 0.25) is 0 Å². The second kappa shape index (κ2) is 4.75. The molecule has 90 valence electrons. The number of halogens is 2. The fourth-order valence-corrected chi connectivity index (χ4v) is 2.20. The molecule has 0 amide bonds. The van der Waals surface area contributed by atoms with Gasteiger partial charge < -0.3 is 4.98 Å². The highest BCUT2D eigenvalue weighted by molar-refractivity contribution is 9.10. The van der Waals surface area contributed by atoms with Crippen molar-refractivity contribution in [2.75, 3.05) is 0 Å². The third-order valence-corrected chi connectivity index (χ3v) is 3.33. The molecule has 0 aliphatic heterocycles. The third kappa shape index (κ3) is 2.07. The molecular weight excluding hydrogens is 299 g/mol. The van der Waals surface area contributed by atoms with Gasteiger partial charge in [0.05, 0.1) is 4.47 Å². The van der Waals surface area contributed by atoms with E-state index in [0.717, 1.165) is 0 Å². The van der Waals surface area contributed by atoms with Gasteiger partial charge in [-0.15, -0.1) is 0 Å². The second-order valence-electron chi connectivity index (χ2n) is 3.78. The molecule has 0 atom stereocenters. The molecule has 0 bridgehead atoms. The maximum absolute atomic E-state index is 13.5. The van der Waals surface area contributed by atoms with E-state index in [0.29, 0.717) is 16.8 Å². The maximum Gasteiger partial charge on any atom is 0.266 e. The highest BCUT2D eigenvalue weighted by Gasteiger charge is 2.14. The molecule has 0 saturated heterocycles. The van der Waals surface area contributed by atoms with Crippen molar-refractivity contribution >= 4 is 15.9 Å². The molecule has 0 radical (unpaired) electrons. The van der Waals surface area contributed by atoms with Crippen LogP contribution in [0.5, 0.6) is 0 Å². The van der Waals surface area contributed by atoms with Crippen LogP contribution < -0.4 is 5.56 Å². The SMILES string of the molecule is Cc1cc(-c2cccc(F)c2Br)c(C#N)c(=O)[nH]1. The molecule has 2 rings (SSSR count). The molecule has 1 heterocycles. The maximum atomic E-state index is 13.5. The number of aromatic nitrogens is 1. The Morgan fingerprint density at radius 3 is 2.78 bits per heavy atom. The zero-order valence-electron chi connectivity index (χ0n) is 9.42. The number of nitrogens with zero attached hydrogens (tertiary/aromatic N) is 1. The van der Waals surface area contributed by atoms with Gasteiger partial charge in [0.1, 0.15) is 17.4 Å². The summed E-state index contributed by atoms with van der Waals surface area (Å²) in [5.74, 6) is -0.436. The summed E-state index contributed by atoms with van der Waals surface area (Å²) in [4.78, 5) is 14.2. The number of aryl methyl sites for hydroxylation is 1. The van der Waals surface area contributed by atoms with Crippen LogP contribution in [0, 0.1) is 24.1 Å². The van der Waals surface area contributed by atoms with E-state index in [2.05, 4.69) is 20.9 Å². The van der Waals surface area contributed by atoms with Crippen molar-refractivity contribution in [3.8, 4) is 17.2 Å². The summed E-state index contributed by atoms with van der Waals surface area (Å²) >= 11 is 3.13. The zero-order valence-corrected chi connectivity index (χ0v) is 11.0. The van der Waals surface area contributed by atoms with Gasteiger partial charge in [0.25, 0.3) is 5.56 Å².